The zero-order chi connectivity index (χ0) is 20.5. The van der Waals surface area contributed by atoms with Gasteiger partial charge in [0.25, 0.3) is 0 Å². The van der Waals surface area contributed by atoms with Gasteiger partial charge in [-0.1, -0.05) is 24.3 Å². The van der Waals surface area contributed by atoms with Gasteiger partial charge in [-0.05, 0) is 47.4 Å². The summed E-state index contributed by atoms with van der Waals surface area (Å²) in [5, 5.41) is 21.3. The number of ether oxygens (including phenoxy) is 1. The minimum atomic E-state index is -0.940. The molecule has 1 unspecified atom stereocenters. The predicted octanol–water partition coefficient (Wildman–Crippen LogP) is 2.54. The van der Waals surface area contributed by atoms with Crippen LogP contribution in [-0.2, 0) is 23.4 Å². The van der Waals surface area contributed by atoms with Crippen molar-refractivity contribution in [2.24, 2.45) is 4.99 Å². The van der Waals surface area contributed by atoms with Gasteiger partial charge in [0, 0.05) is 26.2 Å². The van der Waals surface area contributed by atoms with E-state index in [0.717, 1.165) is 45.0 Å². The van der Waals surface area contributed by atoms with Crippen LogP contribution in [0, 0.1) is 0 Å². The van der Waals surface area contributed by atoms with Crippen LogP contribution in [0.5, 0.6) is 0 Å². The molecule has 0 spiro atoms. The van der Waals surface area contributed by atoms with E-state index in [4.69, 9.17) is 9.73 Å². The summed E-state index contributed by atoms with van der Waals surface area (Å²) >= 11 is 1.59. The zero-order valence-electron chi connectivity index (χ0n) is 17.4. The van der Waals surface area contributed by atoms with E-state index in [1.54, 1.807) is 11.3 Å². The Morgan fingerprint density at radius 3 is 2.66 bits per heavy atom. The van der Waals surface area contributed by atoms with Crippen LogP contribution in [0.3, 0.4) is 0 Å². The van der Waals surface area contributed by atoms with Gasteiger partial charge < -0.3 is 20.5 Å². The van der Waals surface area contributed by atoms with E-state index in [-0.39, 0.29) is 0 Å². The predicted molar refractivity (Wildman–Crippen MR) is 119 cm³/mol. The van der Waals surface area contributed by atoms with E-state index in [0.29, 0.717) is 19.0 Å². The molecular weight excluding hydrogens is 384 g/mol. The van der Waals surface area contributed by atoms with Gasteiger partial charge in [0.15, 0.2) is 5.96 Å². The molecule has 1 fully saturated rings. The number of hydrogen-bond acceptors (Lipinski definition) is 5. The monoisotopic (exact) mass is 416 g/mol. The summed E-state index contributed by atoms with van der Waals surface area (Å²) in [5.41, 5.74) is 2.51. The van der Waals surface area contributed by atoms with Gasteiger partial charge in [-0.15, -0.1) is 0 Å². The SMILES string of the molecule is CCNC(=NCc1ccccc1CN1CCOCC1)NCC(C)(O)c1ccsc1. The van der Waals surface area contributed by atoms with Crippen molar-refractivity contribution in [3.8, 4) is 0 Å². The van der Waals surface area contributed by atoms with Crippen LogP contribution in [0.15, 0.2) is 46.1 Å². The average Bonchev–Trinajstić information content (AvgIpc) is 3.28. The third-order valence-corrected chi connectivity index (χ3v) is 5.79. The highest BCUT2D eigenvalue weighted by molar-refractivity contribution is 7.08. The number of nitrogens with zero attached hydrogens (tertiary/aromatic N) is 2. The van der Waals surface area contributed by atoms with Gasteiger partial charge in [-0.25, -0.2) is 4.99 Å². The van der Waals surface area contributed by atoms with Crippen molar-refractivity contribution in [1.29, 1.82) is 0 Å². The first kappa shape index (κ1) is 21.8. The van der Waals surface area contributed by atoms with Crippen molar-refractivity contribution >= 4 is 17.3 Å². The van der Waals surface area contributed by atoms with Gasteiger partial charge >= 0.3 is 0 Å². The first-order chi connectivity index (χ1) is 14.1. The number of rotatable bonds is 8. The lowest BCUT2D eigenvalue weighted by molar-refractivity contribution is 0.0341. The normalized spacial score (nSPS) is 17.7. The van der Waals surface area contributed by atoms with Gasteiger partial charge in [-0.3, -0.25) is 4.90 Å². The molecule has 29 heavy (non-hydrogen) atoms. The second-order valence-corrected chi connectivity index (χ2v) is 8.27. The highest BCUT2D eigenvalue weighted by Gasteiger charge is 2.23. The first-order valence-corrected chi connectivity index (χ1v) is 11.2. The number of benzene rings is 1. The number of aliphatic imine (C=N–C) groups is 1. The maximum Gasteiger partial charge on any atom is 0.191 e. The molecule has 2 heterocycles. The quantitative estimate of drug-likeness (QED) is 0.456. The third-order valence-electron chi connectivity index (χ3n) is 5.11. The Balaban J connectivity index is 1.64. The van der Waals surface area contributed by atoms with Gasteiger partial charge in [0.05, 0.1) is 26.3 Å². The molecule has 3 rings (SSSR count). The summed E-state index contributed by atoms with van der Waals surface area (Å²) in [5.74, 6) is 0.712. The Labute approximate surface area is 177 Å². The van der Waals surface area contributed by atoms with Gasteiger partial charge in [-0.2, -0.15) is 11.3 Å². The fourth-order valence-electron chi connectivity index (χ4n) is 3.30. The zero-order valence-corrected chi connectivity index (χ0v) is 18.2. The number of aliphatic hydroxyl groups is 1. The summed E-state index contributed by atoms with van der Waals surface area (Å²) in [4.78, 5) is 7.19. The highest BCUT2D eigenvalue weighted by Crippen LogP contribution is 2.22. The molecule has 3 N–H and O–H groups in total. The largest absolute Gasteiger partial charge is 0.384 e. The Hall–Kier alpha value is -1.93. The molecule has 1 aromatic carbocycles. The standard InChI is InChI=1S/C22H32N4O2S/c1-3-23-21(25-17-22(2,27)20-8-13-29-16-20)24-14-18-6-4-5-7-19(18)15-26-9-11-28-12-10-26/h4-8,13,16,27H,3,9-12,14-15,17H2,1-2H3,(H2,23,24,25). The highest BCUT2D eigenvalue weighted by atomic mass is 32.1. The van der Waals surface area contributed by atoms with Crippen LogP contribution in [0.4, 0.5) is 0 Å². The molecule has 6 nitrogen and oxygen atoms in total. The Bertz CT molecular complexity index is 771. The van der Waals surface area contributed by atoms with Gasteiger partial charge in [0.1, 0.15) is 5.60 Å². The minimum absolute atomic E-state index is 0.394. The molecule has 1 atom stereocenters. The molecule has 1 aliphatic heterocycles. The van der Waals surface area contributed by atoms with Crippen molar-refractivity contribution in [1.82, 2.24) is 15.5 Å². The van der Waals surface area contributed by atoms with E-state index < -0.39 is 5.60 Å². The number of nitrogens with one attached hydrogen (secondary N) is 2. The lowest BCUT2D eigenvalue weighted by atomic mass is 9.99. The summed E-state index contributed by atoms with van der Waals surface area (Å²) < 4.78 is 5.45. The Morgan fingerprint density at radius 1 is 1.21 bits per heavy atom. The van der Waals surface area contributed by atoms with Crippen LogP contribution in [0.2, 0.25) is 0 Å². The topological polar surface area (TPSA) is 69.1 Å². The van der Waals surface area contributed by atoms with Gasteiger partial charge in [0.2, 0.25) is 0 Å². The van der Waals surface area contributed by atoms with Crippen molar-refractivity contribution < 1.29 is 9.84 Å². The Kier molecular flexibility index (Phi) is 8.06. The second-order valence-electron chi connectivity index (χ2n) is 7.49. The molecule has 7 heteroatoms. The fourth-order valence-corrected chi connectivity index (χ4v) is 4.08. The molecule has 2 aromatic rings. The summed E-state index contributed by atoms with van der Waals surface area (Å²) in [6.07, 6.45) is 0. The smallest absolute Gasteiger partial charge is 0.191 e. The number of guanidine groups is 1. The molecule has 158 valence electrons. The Morgan fingerprint density at radius 2 is 1.97 bits per heavy atom. The maximum absolute atomic E-state index is 10.7. The number of hydrogen-bond donors (Lipinski definition) is 3. The fraction of sp³-hybridized carbons (Fsp3) is 0.500. The number of thiophene rings is 1. The first-order valence-electron chi connectivity index (χ1n) is 10.2. The summed E-state index contributed by atoms with van der Waals surface area (Å²) in [7, 11) is 0. The van der Waals surface area contributed by atoms with E-state index in [2.05, 4.69) is 39.8 Å². The van der Waals surface area contributed by atoms with Crippen molar-refractivity contribution in [2.75, 3.05) is 39.4 Å². The second kappa shape index (κ2) is 10.7. The van der Waals surface area contributed by atoms with E-state index in [1.165, 1.54) is 11.1 Å². The molecule has 1 aromatic heterocycles. The van der Waals surface area contributed by atoms with E-state index in [9.17, 15) is 5.11 Å². The lowest BCUT2D eigenvalue weighted by Gasteiger charge is -2.27. The summed E-state index contributed by atoms with van der Waals surface area (Å²) in [6, 6.07) is 10.4. The minimum Gasteiger partial charge on any atom is -0.384 e. The molecule has 0 amide bonds. The van der Waals surface area contributed by atoms with Crippen LogP contribution < -0.4 is 10.6 Å². The van der Waals surface area contributed by atoms with Crippen molar-refractivity contribution in [3.63, 3.8) is 0 Å². The van der Waals surface area contributed by atoms with E-state index in [1.807, 2.05) is 30.7 Å². The van der Waals surface area contributed by atoms with E-state index >= 15 is 0 Å². The van der Waals surface area contributed by atoms with Crippen LogP contribution in [-0.4, -0.2) is 55.4 Å². The number of morpholine rings is 1. The van der Waals surface area contributed by atoms with Crippen LogP contribution in [0.1, 0.15) is 30.5 Å². The van der Waals surface area contributed by atoms with Crippen LogP contribution in [0.25, 0.3) is 0 Å². The van der Waals surface area contributed by atoms with Crippen molar-refractivity contribution in [3.05, 3.63) is 57.8 Å². The molecule has 1 aliphatic rings. The lowest BCUT2D eigenvalue weighted by Crippen LogP contribution is -2.44. The molecule has 0 radical (unpaired) electrons. The average molecular weight is 417 g/mol. The van der Waals surface area contributed by atoms with Crippen LogP contribution >= 0.6 is 11.3 Å². The molecule has 0 saturated carbocycles. The third kappa shape index (κ3) is 6.54. The molecular formula is C22H32N4O2S. The maximum atomic E-state index is 10.7. The molecule has 0 aliphatic carbocycles. The van der Waals surface area contributed by atoms with Crippen molar-refractivity contribution in [2.45, 2.75) is 32.5 Å². The molecule has 0 bridgehead atoms. The molecule has 1 saturated heterocycles. The summed E-state index contributed by atoms with van der Waals surface area (Å²) in [6.45, 7) is 10.1.